The van der Waals surface area contributed by atoms with E-state index in [-0.39, 0.29) is 12.1 Å². The fourth-order valence-corrected chi connectivity index (χ4v) is 1.54. The average Bonchev–Trinajstić information content (AvgIpc) is 2.63. The third kappa shape index (κ3) is 0.837. The van der Waals surface area contributed by atoms with Crippen molar-refractivity contribution in [3.8, 4) is 0 Å². The van der Waals surface area contributed by atoms with Gasteiger partial charge in [-0.2, -0.15) is 4.99 Å². The van der Waals surface area contributed by atoms with Crippen LogP contribution in [0.25, 0.3) is 12.2 Å². The number of nitrogens with one attached hydrogen (secondary N) is 2. The Kier molecular flexibility index (Phi) is 1.05. The standard InChI is InChI=1S/C8H6N4O/c13-8-11-6-1-4-5(10-3-9-4)2-7(6)12-8/h1-3,6H,(H,9,10)(H,11,13). The minimum absolute atomic E-state index is 0.0942. The number of hydrogen-bond donors (Lipinski definition) is 2. The molecule has 1 unspecified atom stereocenters. The number of aliphatic imine (C=N–C) groups is 1. The van der Waals surface area contributed by atoms with Crippen LogP contribution in [0.5, 0.6) is 0 Å². The molecule has 0 spiro atoms. The number of H-pyrrole nitrogens is 1. The highest BCUT2D eigenvalue weighted by Gasteiger charge is 2.24. The molecule has 2 N–H and O–H groups in total. The lowest BCUT2D eigenvalue weighted by atomic mass is 10.1. The zero-order valence-electron chi connectivity index (χ0n) is 6.61. The summed E-state index contributed by atoms with van der Waals surface area (Å²) in [7, 11) is 0. The summed E-state index contributed by atoms with van der Waals surface area (Å²) in [6.45, 7) is 0. The Morgan fingerprint density at radius 3 is 3.31 bits per heavy atom. The van der Waals surface area contributed by atoms with Crippen molar-refractivity contribution in [2.24, 2.45) is 4.99 Å². The summed E-state index contributed by atoms with van der Waals surface area (Å²) in [5, 5.41) is 4.48. The van der Waals surface area contributed by atoms with Crippen LogP contribution in [0.1, 0.15) is 0 Å². The Hall–Kier alpha value is -1.91. The molecular formula is C8H6N4O. The number of aromatic nitrogens is 2. The number of rotatable bonds is 0. The van der Waals surface area contributed by atoms with E-state index in [1.54, 1.807) is 6.33 Å². The molecule has 1 atom stereocenters. The zero-order valence-corrected chi connectivity index (χ0v) is 6.61. The molecule has 5 heteroatoms. The molecule has 0 radical (unpaired) electrons. The second-order valence-corrected chi connectivity index (χ2v) is 2.98. The molecule has 0 saturated heterocycles. The molecule has 0 fully saturated rings. The van der Waals surface area contributed by atoms with Gasteiger partial charge >= 0.3 is 6.03 Å². The first-order chi connectivity index (χ1) is 6.33. The molecule has 0 bridgehead atoms. The summed E-state index contributed by atoms with van der Waals surface area (Å²) in [5.41, 5.74) is 0.752. The van der Waals surface area contributed by atoms with Crippen LogP contribution in [-0.2, 0) is 0 Å². The van der Waals surface area contributed by atoms with Crippen LogP contribution in [0.2, 0.25) is 0 Å². The Morgan fingerprint density at radius 2 is 2.38 bits per heavy atom. The third-order valence-electron chi connectivity index (χ3n) is 2.14. The number of fused-ring (bicyclic) bond motifs is 2. The lowest BCUT2D eigenvalue weighted by molar-refractivity contribution is 0.251. The normalized spacial score (nSPS) is 23.5. The van der Waals surface area contributed by atoms with Crippen molar-refractivity contribution >= 4 is 23.9 Å². The Balaban J connectivity index is 2.30. The molecule has 0 saturated carbocycles. The van der Waals surface area contributed by atoms with Crippen LogP contribution >= 0.6 is 0 Å². The first-order valence-corrected chi connectivity index (χ1v) is 3.95. The van der Waals surface area contributed by atoms with Gasteiger partial charge in [-0.25, -0.2) is 9.78 Å². The van der Waals surface area contributed by atoms with E-state index < -0.39 is 0 Å². The fraction of sp³-hybridized carbons (Fsp3) is 0.125. The van der Waals surface area contributed by atoms with Crippen LogP contribution in [0.4, 0.5) is 4.79 Å². The van der Waals surface area contributed by atoms with Gasteiger partial charge in [-0.15, -0.1) is 0 Å². The first-order valence-electron chi connectivity index (χ1n) is 3.95. The number of urea groups is 1. The molecule has 64 valence electrons. The zero-order chi connectivity index (χ0) is 8.84. The molecule has 1 aliphatic carbocycles. The molecule has 5 nitrogen and oxygen atoms in total. The second-order valence-electron chi connectivity index (χ2n) is 2.98. The number of aromatic amines is 1. The smallest absolute Gasteiger partial charge is 0.342 e. The molecule has 1 aliphatic heterocycles. The Labute approximate surface area is 72.9 Å². The Bertz CT molecular complexity index is 525. The summed E-state index contributed by atoms with van der Waals surface area (Å²) in [6.07, 6.45) is 5.35. The van der Waals surface area contributed by atoms with Crippen molar-refractivity contribution in [2.75, 3.05) is 0 Å². The average molecular weight is 174 g/mol. The molecule has 2 amide bonds. The Morgan fingerprint density at radius 1 is 1.46 bits per heavy atom. The first kappa shape index (κ1) is 6.59. The van der Waals surface area contributed by atoms with Gasteiger partial charge in [-0.3, -0.25) is 0 Å². The van der Waals surface area contributed by atoms with Gasteiger partial charge in [0.1, 0.15) is 0 Å². The summed E-state index contributed by atoms with van der Waals surface area (Å²) < 4.78 is 0. The van der Waals surface area contributed by atoms with Crippen molar-refractivity contribution in [1.29, 1.82) is 0 Å². The minimum atomic E-state index is -0.280. The monoisotopic (exact) mass is 174 g/mol. The predicted molar refractivity (Wildman–Crippen MR) is 46.5 cm³/mol. The van der Waals surface area contributed by atoms with E-state index in [1.807, 2.05) is 12.2 Å². The van der Waals surface area contributed by atoms with E-state index >= 15 is 0 Å². The quantitative estimate of drug-likeness (QED) is 0.503. The van der Waals surface area contributed by atoms with E-state index in [2.05, 4.69) is 20.3 Å². The number of amides is 2. The van der Waals surface area contributed by atoms with Crippen LogP contribution in [0.3, 0.4) is 0 Å². The van der Waals surface area contributed by atoms with Gasteiger partial charge < -0.3 is 10.3 Å². The summed E-state index contributed by atoms with van der Waals surface area (Å²) in [4.78, 5) is 21.8. The van der Waals surface area contributed by atoms with Crippen molar-refractivity contribution in [3.63, 3.8) is 0 Å². The SMILES string of the molecule is O=C1N=C2C=c3[nH]cnc3=CC2N1. The van der Waals surface area contributed by atoms with E-state index in [9.17, 15) is 4.79 Å². The highest BCUT2D eigenvalue weighted by atomic mass is 16.2. The van der Waals surface area contributed by atoms with Crippen molar-refractivity contribution < 1.29 is 4.79 Å². The van der Waals surface area contributed by atoms with Gasteiger partial charge in [-0.05, 0) is 12.2 Å². The van der Waals surface area contributed by atoms with Crippen LogP contribution in [0, 0.1) is 0 Å². The highest BCUT2D eigenvalue weighted by molar-refractivity contribution is 6.23. The van der Waals surface area contributed by atoms with Gasteiger partial charge in [0, 0.05) is 0 Å². The third-order valence-corrected chi connectivity index (χ3v) is 2.14. The molecular weight excluding hydrogens is 168 g/mol. The van der Waals surface area contributed by atoms with E-state index in [0.29, 0.717) is 0 Å². The van der Waals surface area contributed by atoms with Gasteiger partial charge in [0.2, 0.25) is 0 Å². The topological polar surface area (TPSA) is 70.1 Å². The van der Waals surface area contributed by atoms with Crippen molar-refractivity contribution in [1.82, 2.24) is 15.3 Å². The van der Waals surface area contributed by atoms with E-state index in [0.717, 1.165) is 16.4 Å². The number of carbonyl (C=O) groups is 1. The molecule has 3 rings (SSSR count). The number of carbonyl (C=O) groups excluding carboxylic acids is 1. The van der Waals surface area contributed by atoms with Crippen LogP contribution < -0.4 is 16.0 Å². The summed E-state index contributed by atoms with van der Waals surface area (Å²) in [6, 6.07) is -0.374. The molecule has 2 heterocycles. The highest BCUT2D eigenvalue weighted by Crippen LogP contribution is 2.03. The number of imidazole rings is 1. The number of nitrogens with zero attached hydrogens (tertiary/aromatic N) is 2. The fourth-order valence-electron chi connectivity index (χ4n) is 1.54. The maximum Gasteiger partial charge on any atom is 0.342 e. The maximum absolute atomic E-state index is 10.9. The van der Waals surface area contributed by atoms with Crippen LogP contribution in [-0.4, -0.2) is 27.8 Å². The van der Waals surface area contributed by atoms with Gasteiger partial charge in [-0.1, -0.05) is 0 Å². The van der Waals surface area contributed by atoms with Crippen molar-refractivity contribution in [3.05, 3.63) is 17.0 Å². The van der Waals surface area contributed by atoms with E-state index in [4.69, 9.17) is 0 Å². The minimum Gasteiger partial charge on any atom is -0.345 e. The number of hydrogen-bond acceptors (Lipinski definition) is 2. The molecule has 1 aromatic rings. The van der Waals surface area contributed by atoms with Gasteiger partial charge in [0.05, 0.1) is 28.8 Å². The maximum atomic E-state index is 10.9. The lowest BCUT2D eigenvalue weighted by Gasteiger charge is -2.06. The van der Waals surface area contributed by atoms with Gasteiger partial charge in [0.25, 0.3) is 0 Å². The van der Waals surface area contributed by atoms with Crippen molar-refractivity contribution in [2.45, 2.75) is 6.04 Å². The lowest BCUT2D eigenvalue weighted by Crippen LogP contribution is -2.39. The van der Waals surface area contributed by atoms with E-state index in [1.165, 1.54) is 0 Å². The molecule has 0 aromatic carbocycles. The second kappa shape index (κ2) is 2.07. The van der Waals surface area contributed by atoms with Gasteiger partial charge in [0.15, 0.2) is 0 Å². The predicted octanol–water partition coefficient (Wildman–Crippen LogP) is -1.48. The molecule has 2 aliphatic rings. The summed E-state index contributed by atoms with van der Waals surface area (Å²) >= 11 is 0. The largest absolute Gasteiger partial charge is 0.345 e. The van der Waals surface area contributed by atoms with Crippen LogP contribution in [0.15, 0.2) is 11.3 Å². The molecule has 1 aromatic heterocycles. The summed E-state index contributed by atoms with van der Waals surface area (Å²) in [5.74, 6) is 0. The molecule has 13 heavy (non-hydrogen) atoms.